The number of halogens is 1. The van der Waals surface area contributed by atoms with Crippen molar-refractivity contribution in [3.8, 4) is 11.5 Å². The van der Waals surface area contributed by atoms with Gasteiger partial charge in [-0.3, -0.25) is 0 Å². The molecular formula is C20H25FN2O2. The second-order valence-electron chi connectivity index (χ2n) is 6.29. The summed E-state index contributed by atoms with van der Waals surface area (Å²) >= 11 is 0. The molecule has 2 unspecified atom stereocenters. The van der Waals surface area contributed by atoms with Gasteiger partial charge >= 0.3 is 0 Å². The summed E-state index contributed by atoms with van der Waals surface area (Å²) in [5.74, 6) is 1.44. The van der Waals surface area contributed by atoms with Crippen LogP contribution in [0.1, 0.15) is 30.0 Å². The molecule has 3 rings (SSSR count). The first kappa shape index (κ1) is 17.7. The molecule has 2 aromatic rings. The van der Waals surface area contributed by atoms with Crippen molar-refractivity contribution in [1.82, 2.24) is 10.6 Å². The monoisotopic (exact) mass is 344 g/mol. The standard InChI is InChI=1S/C20H25FN2O2/c1-24-17-8-9-19(25-2)15(12-17)13-23-18-7-4-10-22-20(18)14-5-3-6-16(21)11-14/h3,5-6,8-9,11-12,18,20,22-23H,4,7,10,13H2,1-2H3. The molecule has 2 atom stereocenters. The van der Waals surface area contributed by atoms with Gasteiger partial charge in [-0.2, -0.15) is 0 Å². The molecular weight excluding hydrogens is 319 g/mol. The number of methoxy groups -OCH3 is 2. The van der Waals surface area contributed by atoms with Gasteiger partial charge in [-0.05, 0) is 55.3 Å². The van der Waals surface area contributed by atoms with Gasteiger partial charge in [-0.1, -0.05) is 12.1 Å². The molecule has 0 saturated carbocycles. The summed E-state index contributed by atoms with van der Waals surface area (Å²) in [5, 5.41) is 7.13. The summed E-state index contributed by atoms with van der Waals surface area (Å²) in [6, 6.07) is 13.0. The number of benzene rings is 2. The smallest absolute Gasteiger partial charge is 0.123 e. The van der Waals surface area contributed by atoms with E-state index in [2.05, 4.69) is 10.6 Å². The van der Waals surface area contributed by atoms with Crippen LogP contribution in [-0.2, 0) is 6.54 Å². The summed E-state index contributed by atoms with van der Waals surface area (Å²) < 4.78 is 24.4. The summed E-state index contributed by atoms with van der Waals surface area (Å²) in [7, 11) is 3.33. The fourth-order valence-corrected chi connectivity index (χ4v) is 3.42. The molecule has 2 N–H and O–H groups in total. The molecule has 134 valence electrons. The maximum atomic E-state index is 13.6. The average Bonchev–Trinajstić information content (AvgIpc) is 2.66. The Morgan fingerprint density at radius 2 is 2.04 bits per heavy atom. The first-order chi connectivity index (χ1) is 12.2. The van der Waals surface area contributed by atoms with Crippen molar-refractivity contribution in [2.45, 2.75) is 31.5 Å². The van der Waals surface area contributed by atoms with Crippen LogP contribution >= 0.6 is 0 Å². The number of rotatable bonds is 6. The zero-order valence-corrected chi connectivity index (χ0v) is 14.7. The molecule has 0 amide bonds. The molecule has 1 aliphatic rings. The van der Waals surface area contributed by atoms with E-state index in [0.717, 1.165) is 42.0 Å². The van der Waals surface area contributed by atoms with Crippen LogP contribution in [-0.4, -0.2) is 26.8 Å². The normalized spacial score (nSPS) is 20.3. The number of piperidine rings is 1. The minimum Gasteiger partial charge on any atom is -0.497 e. The predicted molar refractivity (Wildman–Crippen MR) is 96.6 cm³/mol. The Balaban J connectivity index is 1.74. The van der Waals surface area contributed by atoms with Gasteiger partial charge in [0.05, 0.1) is 14.2 Å². The zero-order chi connectivity index (χ0) is 17.6. The lowest BCUT2D eigenvalue weighted by Crippen LogP contribution is -2.45. The molecule has 5 heteroatoms. The highest BCUT2D eigenvalue weighted by atomic mass is 19.1. The first-order valence-electron chi connectivity index (χ1n) is 8.64. The Morgan fingerprint density at radius 1 is 1.16 bits per heavy atom. The van der Waals surface area contributed by atoms with Crippen molar-refractivity contribution in [2.24, 2.45) is 0 Å². The Labute approximate surface area is 148 Å². The molecule has 1 heterocycles. The van der Waals surface area contributed by atoms with Gasteiger partial charge in [0, 0.05) is 24.2 Å². The quantitative estimate of drug-likeness (QED) is 0.843. The van der Waals surface area contributed by atoms with Crippen LogP contribution in [0.3, 0.4) is 0 Å². The van der Waals surface area contributed by atoms with E-state index >= 15 is 0 Å². The van der Waals surface area contributed by atoms with E-state index < -0.39 is 0 Å². The minimum absolute atomic E-state index is 0.0982. The van der Waals surface area contributed by atoms with Crippen LogP contribution in [0, 0.1) is 5.82 Å². The highest BCUT2D eigenvalue weighted by Crippen LogP contribution is 2.27. The van der Waals surface area contributed by atoms with Gasteiger partial charge in [0.25, 0.3) is 0 Å². The number of hydrogen-bond donors (Lipinski definition) is 2. The van der Waals surface area contributed by atoms with E-state index in [1.165, 1.54) is 6.07 Å². The lowest BCUT2D eigenvalue weighted by atomic mass is 9.92. The van der Waals surface area contributed by atoms with Crippen LogP contribution < -0.4 is 20.1 Å². The lowest BCUT2D eigenvalue weighted by molar-refractivity contribution is 0.302. The van der Waals surface area contributed by atoms with Crippen molar-refractivity contribution >= 4 is 0 Å². The topological polar surface area (TPSA) is 42.5 Å². The van der Waals surface area contributed by atoms with Gasteiger partial charge < -0.3 is 20.1 Å². The zero-order valence-electron chi connectivity index (χ0n) is 14.7. The van der Waals surface area contributed by atoms with Crippen LogP contribution in [0.5, 0.6) is 11.5 Å². The van der Waals surface area contributed by atoms with E-state index in [9.17, 15) is 4.39 Å². The second-order valence-corrected chi connectivity index (χ2v) is 6.29. The minimum atomic E-state index is -0.196. The maximum Gasteiger partial charge on any atom is 0.123 e. The van der Waals surface area contributed by atoms with Crippen molar-refractivity contribution in [3.63, 3.8) is 0 Å². The van der Waals surface area contributed by atoms with E-state index in [-0.39, 0.29) is 17.9 Å². The highest BCUT2D eigenvalue weighted by Gasteiger charge is 2.26. The SMILES string of the molecule is COc1ccc(OC)c(CNC2CCCNC2c2cccc(F)c2)c1. The Hall–Kier alpha value is -2.11. The summed E-state index contributed by atoms with van der Waals surface area (Å²) in [5.41, 5.74) is 2.03. The number of nitrogens with one attached hydrogen (secondary N) is 2. The maximum absolute atomic E-state index is 13.6. The predicted octanol–water partition coefficient (Wildman–Crippen LogP) is 3.43. The largest absolute Gasteiger partial charge is 0.497 e. The first-order valence-corrected chi connectivity index (χ1v) is 8.64. The fraction of sp³-hybridized carbons (Fsp3) is 0.400. The molecule has 1 aliphatic heterocycles. The molecule has 0 spiro atoms. The van der Waals surface area contributed by atoms with Crippen LogP contribution in [0.25, 0.3) is 0 Å². The van der Waals surface area contributed by atoms with Gasteiger partial charge in [-0.25, -0.2) is 4.39 Å². The van der Waals surface area contributed by atoms with Crippen LogP contribution in [0.4, 0.5) is 4.39 Å². The molecule has 2 aromatic carbocycles. The molecule has 1 fully saturated rings. The molecule has 4 nitrogen and oxygen atoms in total. The van der Waals surface area contributed by atoms with E-state index in [4.69, 9.17) is 9.47 Å². The van der Waals surface area contributed by atoms with Crippen molar-refractivity contribution in [2.75, 3.05) is 20.8 Å². The Bertz CT molecular complexity index is 708. The van der Waals surface area contributed by atoms with Crippen LogP contribution in [0.15, 0.2) is 42.5 Å². The van der Waals surface area contributed by atoms with Gasteiger partial charge in [0.1, 0.15) is 17.3 Å². The lowest BCUT2D eigenvalue weighted by Gasteiger charge is -2.34. The van der Waals surface area contributed by atoms with Gasteiger partial charge in [0.2, 0.25) is 0 Å². The molecule has 1 saturated heterocycles. The average molecular weight is 344 g/mol. The molecule has 0 aromatic heterocycles. The van der Waals surface area contributed by atoms with Crippen molar-refractivity contribution < 1.29 is 13.9 Å². The van der Waals surface area contributed by atoms with E-state index in [0.29, 0.717) is 6.54 Å². The Kier molecular flexibility index (Phi) is 5.89. The van der Waals surface area contributed by atoms with E-state index in [1.54, 1.807) is 26.4 Å². The summed E-state index contributed by atoms with van der Waals surface area (Å²) in [6.45, 7) is 1.61. The third kappa shape index (κ3) is 4.30. The van der Waals surface area contributed by atoms with Crippen LogP contribution in [0.2, 0.25) is 0 Å². The third-order valence-electron chi connectivity index (χ3n) is 4.71. The summed E-state index contributed by atoms with van der Waals surface area (Å²) in [6.07, 6.45) is 2.14. The van der Waals surface area contributed by atoms with Gasteiger partial charge in [0.15, 0.2) is 0 Å². The van der Waals surface area contributed by atoms with Crippen molar-refractivity contribution in [3.05, 3.63) is 59.4 Å². The molecule has 0 radical (unpaired) electrons. The molecule has 0 bridgehead atoms. The van der Waals surface area contributed by atoms with Crippen molar-refractivity contribution in [1.29, 1.82) is 0 Å². The van der Waals surface area contributed by atoms with Gasteiger partial charge in [-0.15, -0.1) is 0 Å². The molecule has 0 aliphatic carbocycles. The fourth-order valence-electron chi connectivity index (χ4n) is 3.42. The number of ether oxygens (including phenoxy) is 2. The second kappa shape index (κ2) is 8.32. The summed E-state index contributed by atoms with van der Waals surface area (Å²) in [4.78, 5) is 0. The highest BCUT2D eigenvalue weighted by molar-refractivity contribution is 5.40. The Morgan fingerprint density at radius 3 is 2.80 bits per heavy atom. The number of hydrogen-bond acceptors (Lipinski definition) is 4. The molecule has 25 heavy (non-hydrogen) atoms. The third-order valence-corrected chi connectivity index (χ3v) is 4.71. The van der Waals surface area contributed by atoms with E-state index in [1.807, 2.05) is 24.3 Å².